The summed E-state index contributed by atoms with van der Waals surface area (Å²) >= 11 is 0. The van der Waals surface area contributed by atoms with E-state index in [4.69, 9.17) is 4.74 Å². The number of benzene rings is 4. The van der Waals surface area contributed by atoms with Gasteiger partial charge in [-0.1, -0.05) is 97.9 Å². The van der Waals surface area contributed by atoms with E-state index in [9.17, 15) is 4.79 Å². The van der Waals surface area contributed by atoms with Crippen molar-refractivity contribution in [2.24, 2.45) is 11.8 Å². The topological polar surface area (TPSA) is 43.4 Å². The zero-order chi connectivity index (χ0) is 26.7. The molecule has 0 fully saturated rings. The zero-order valence-corrected chi connectivity index (χ0v) is 23.3. The maximum atomic E-state index is 15.4. The van der Waals surface area contributed by atoms with E-state index >= 15 is 4.57 Å². The van der Waals surface area contributed by atoms with Crippen molar-refractivity contribution >= 4 is 29.0 Å². The van der Waals surface area contributed by atoms with Crippen LogP contribution in [0.2, 0.25) is 0 Å². The summed E-state index contributed by atoms with van der Waals surface area (Å²) in [7, 11) is -1.70. The third-order valence-electron chi connectivity index (χ3n) is 8.01. The van der Waals surface area contributed by atoms with Crippen LogP contribution >= 0.6 is 7.14 Å². The first-order valence-electron chi connectivity index (χ1n) is 13.4. The summed E-state index contributed by atoms with van der Waals surface area (Å²) in [6, 6.07) is 32.8. The Morgan fingerprint density at radius 3 is 1.97 bits per heavy atom. The van der Waals surface area contributed by atoms with Gasteiger partial charge >= 0.3 is 5.97 Å². The summed E-state index contributed by atoms with van der Waals surface area (Å²) in [5.41, 5.74) is 5.90. The van der Waals surface area contributed by atoms with Gasteiger partial charge < -0.3 is 9.30 Å². The third-order valence-corrected chi connectivity index (χ3v) is 11.2. The van der Waals surface area contributed by atoms with Gasteiger partial charge in [-0.05, 0) is 72.4 Å². The highest BCUT2D eigenvalue weighted by atomic mass is 31.2. The Morgan fingerprint density at radius 1 is 0.763 bits per heavy atom. The van der Waals surface area contributed by atoms with Gasteiger partial charge in [0.2, 0.25) is 0 Å². The number of ether oxygens (including phenoxy) is 1. The first-order chi connectivity index (χ1) is 18.4. The Hall–Kier alpha value is -3.42. The fourth-order valence-electron chi connectivity index (χ4n) is 5.79. The van der Waals surface area contributed by atoms with E-state index in [0.717, 1.165) is 39.9 Å². The Kier molecular flexibility index (Phi) is 7.68. The highest BCUT2D eigenvalue weighted by molar-refractivity contribution is 7.85. The molecule has 0 amide bonds. The minimum Gasteiger partial charge on any atom is -0.469 e. The van der Waals surface area contributed by atoms with E-state index in [0.29, 0.717) is 12.8 Å². The van der Waals surface area contributed by atoms with Crippen molar-refractivity contribution in [3.8, 4) is 0 Å². The summed E-state index contributed by atoms with van der Waals surface area (Å²) < 4.78 is 20.7. The second-order valence-electron chi connectivity index (χ2n) is 10.5. The highest BCUT2D eigenvalue weighted by Crippen LogP contribution is 2.44. The van der Waals surface area contributed by atoms with Crippen molar-refractivity contribution in [1.29, 1.82) is 0 Å². The van der Waals surface area contributed by atoms with E-state index in [1.165, 1.54) is 23.8 Å². The lowest BCUT2D eigenvalue weighted by atomic mass is 9.82. The molecule has 1 unspecified atom stereocenters. The van der Waals surface area contributed by atoms with Gasteiger partial charge in [0.05, 0.1) is 13.0 Å². The maximum absolute atomic E-state index is 15.4. The highest BCUT2D eigenvalue weighted by Gasteiger charge is 2.34. The molecule has 0 spiro atoms. The third kappa shape index (κ3) is 5.13. The molecule has 4 aromatic rings. The molecule has 4 heteroatoms. The normalized spacial score (nSPS) is 17.7. The van der Waals surface area contributed by atoms with Crippen LogP contribution in [0, 0.1) is 18.8 Å². The van der Waals surface area contributed by atoms with Crippen molar-refractivity contribution < 1.29 is 14.1 Å². The Bertz CT molecular complexity index is 1430. The summed E-state index contributed by atoms with van der Waals surface area (Å²) in [5, 5.41) is 2.53. The molecule has 0 saturated carbocycles. The standard InChI is InChI=1S/C34H35O3P/c1-24-20-27-16-18-28(24)17-14-26-15-19-29(21-25(2)32(22-27)34(35)37-3)33(23-26)38(36,30-10-6-4-7-11-30)31-12-8-5-9-13-31/h4-13,15-16,18-20,23,25,32H,14,17,21-22H2,1-3H3/t25-,32?/m0/s1. The fourth-order valence-corrected chi connectivity index (χ4v) is 8.75. The lowest BCUT2D eigenvalue weighted by Crippen LogP contribution is -2.31. The van der Waals surface area contributed by atoms with Gasteiger partial charge in [-0.3, -0.25) is 4.79 Å². The summed E-state index contributed by atoms with van der Waals surface area (Å²) in [5.74, 6) is -0.498. The van der Waals surface area contributed by atoms with Crippen molar-refractivity contribution in [2.75, 3.05) is 7.11 Å². The van der Waals surface area contributed by atoms with Crippen LogP contribution in [0.15, 0.2) is 97.1 Å². The molecular formula is C34H35O3P. The Morgan fingerprint density at radius 2 is 1.37 bits per heavy atom. The van der Waals surface area contributed by atoms with Crippen LogP contribution in [-0.2, 0) is 39.8 Å². The first kappa shape index (κ1) is 26.2. The summed E-state index contributed by atoms with van der Waals surface area (Å²) in [6.07, 6.45) is 3.04. The van der Waals surface area contributed by atoms with Gasteiger partial charge in [0, 0.05) is 15.9 Å². The molecule has 8 rings (SSSR count). The van der Waals surface area contributed by atoms with Crippen molar-refractivity contribution in [3.63, 3.8) is 0 Å². The second kappa shape index (κ2) is 11.1. The SMILES string of the molecule is COC(=O)C1Cc2ccc(c(C)c2)CCc2ccc(c(P(=O)(c3ccccc3)c3ccccc3)c2)C[C@@H]1C. The average molecular weight is 523 g/mol. The number of hydrogen-bond donors (Lipinski definition) is 0. The molecule has 2 atom stereocenters. The summed E-state index contributed by atoms with van der Waals surface area (Å²) in [4.78, 5) is 13.0. The molecular weight excluding hydrogens is 487 g/mol. The van der Waals surface area contributed by atoms with E-state index in [-0.39, 0.29) is 17.8 Å². The molecule has 38 heavy (non-hydrogen) atoms. The Labute approximate surface area is 226 Å². The minimum absolute atomic E-state index is 0.00466. The predicted molar refractivity (Wildman–Crippen MR) is 156 cm³/mol. The van der Waals surface area contributed by atoms with Crippen LogP contribution in [0.25, 0.3) is 0 Å². The Balaban J connectivity index is 1.72. The molecule has 194 valence electrons. The smallest absolute Gasteiger partial charge is 0.309 e. The van der Waals surface area contributed by atoms with E-state index in [2.05, 4.69) is 50.2 Å². The van der Waals surface area contributed by atoms with Crippen LogP contribution in [0.1, 0.15) is 34.7 Å². The molecule has 4 bridgehead atoms. The lowest BCUT2D eigenvalue weighted by molar-refractivity contribution is -0.147. The van der Waals surface area contributed by atoms with Gasteiger partial charge in [-0.2, -0.15) is 0 Å². The average Bonchev–Trinajstić information content (AvgIpc) is 2.95. The van der Waals surface area contributed by atoms with Crippen LogP contribution in [-0.4, -0.2) is 13.1 Å². The number of esters is 1. The van der Waals surface area contributed by atoms with Gasteiger partial charge in [-0.15, -0.1) is 0 Å². The molecule has 3 nitrogen and oxygen atoms in total. The van der Waals surface area contributed by atoms with E-state index < -0.39 is 7.14 Å². The van der Waals surface area contributed by atoms with E-state index in [1.807, 2.05) is 60.7 Å². The predicted octanol–water partition coefficient (Wildman–Crippen LogP) is 5.94. The largest absolute Gasteiger partial charge is 0.469 e. The molecule has 4 aliphatic carbocycles. The number of methoxy groups -OCH3 is 1. The van der Waals surface area contributed by atoms with E-state index in [1.54, 1.807) is 0 Å². The molecule has 4 aromatic carbocycles. The minimum atomic E-state index is -3.17. The molecule has 0 heterocycles. The lowest BCUT2D eigenvalue weighted by Gasteiger charge is -2.27. The number of carbonyl (C=O) groups excluding carboxylic acids is 1. The van der Waals surface area contributed by atoms with Crippen LogP contribution < -0.4 is 15.9 Å². The molecule has 0 saturated heterocycles. The molecule has 4 aliphatic rings. The van der Waals surface area contributed by atoms with Crippen molar-refractivity contribution in [1.82, 2.24) is 0 Å². The fraction of sp³-hybridized carbons (Fsp3) is 0.265. The zero-order valence-electron chi connectivity index (χ0n) is 22.4. The quantitative estimate of drug-likeness (QED) is 0.246. The molecule has 0 radical (unpaired) electrons. The molecule has 0 aliphatic heterocycles. The number of carbonyl (C=O) groups is 1. The van der Waals surface area contributed by atoms with Crippen molar-refractivity contribution in [3.05, 3.63) is 125 Å². The monoisotopic (exact) mass is 522 g/mol. The van der Waals surface area contributed by atoms with Crippen molar-refractivity contribution in [2.45, 2.75) is 39.5 Å². The van der Waals surface area contributed by atoms with Crippen LogP contribution in [0.4, 0.5) is 0 Å². The van der Waals surface area contributed by atoms with Gasteiger partial charge in [-0.25, -0.2) is 0 Å². The first-order valence-corrected chi connectivity index (χ1v) is 15.1. The van der Waals surface area contributed by atoms with Crippen LogP contribution in [0.3, 0.4) is 0 Å². The van der Waals surface area contributed by atoms with Gasteiger partial charge in [0.25, 0.3) is 0 Å². The molecule has 0 aromatic heterocycles. The van der Waals surface area contributed by atoms with Crippen LogP contribution in [0.5, 0.6) is 0 Å². The summed E-state index contributed by atoms with van der Waals surface area (Å²) in [6.45, 7) is 4.26. The number of rotatable bonds is 4. The van der Waals surface area contributed by atoms with Gasteiger partial charge in [0.15, 0.2) is 7.14 Å². The van der Waals surface area contributed by atoms with Gasteiger partial charge in [0.1, 0.15) is 0 Å². The molecule has 0 N–H and O–H groups in total. The number of aryl methyl sites for hydroxylation is 3. The maximum Gasteiger partial charge on any atom is 0.309 e. The second-order valence-corrected chi connectivity index (χ2v) is 13.3. The number of hydrogen-bond acceptors (Lipinski definition) is 3.